The summed E-state index contributed by atoms with van der Waals surface area (Å²) in [6.45, 7) is 4.72. The highest BCUT2D eigenvalue weighted by atomic mass is 32.1. The van der Waals surface area contributed by atoms with Crippen LogP contribution in [-0.2, 0) is 4.79 Å². The molecule has 4 aromatic rings. The monoisotopic (exact) mass is 506 g/mol. The Morgan fingerprint density at radius 1 is 1.22 bits per heavy atom. The van der Waals surface area contributed by atoms with Crippen molar-refractivity contribution in [3.8, 4) is 5.75 Å². The van der Waals surface area contributed by atoms with Crippen LogP contribution in [0.5, 0.6) is 5.75 Å². The Hall–Kier alpha value is -3.98. The van der Waals surface area contributed by atoms with Crippen molar-refractivity contribution in [3.05, 3.63) is 89.3 Å². The van der Waals surface area contributed by atoms with E-state index in [2.05, 4.69) is 18.8 Å². The highest BCUT2D eigenvalue weighted by Gasteiger charge is 2.46. The maximum Gasteiger partial charge on any atom is 0.296 e. The lowest BCUT2D eigenvalue weighted by molar-refractivity contribution is -0.117. The number of amides is 1. The predicted octanol–water partition coefficient (Wildman–Crippen LogP) is 6.24. The number of halogens is 1. The summed E-state index contributed by atoms with van der Waals surface area (Å²) >= 11 is 1.10. The number of hydrogen-bond acceptors (Lipinski definition) is 7. The molecule has 2 aromatic carbocycles. The van der Waals surface area contributed by atoms with Crippen LogP contribution in [0.15, 0.2) is 76.6 Å². The molecule has 1 atom stereocenters. The number of hydrogen-bond donors (Lipinski definition) is 1. The number of thiazole rings is 1. The summed E-state index contributed by atoms with van der Waals surface area (Å²) in [7, 11) is 0. The summed E-state index contributed by atoms with van der Waals surface area (Å²) in [4.78, 5) is 32.5. The Balaban J connectivity index is 1.60. The number of anilines is 1. The third kappa shape index (κ3) is 4.37. The Labute approximate surface area is 210 Å². The van der Waals surface area contributed by atoms with Crippen molar-refractivity contribution in [2.24, 2.45) is 5.92 Å². The van der Waals surface area contributed by atoms with E-state index in [4.69, 9.17) is 9.15 Å². The number of aliphatic hydroxyl groups is 1. The standard InChI is InChI=1S/C27H23FN2O5S/c1-15(2)10-12-34-18-6-3-5-16(13-18)23-22(24(31)20-7-4-11-35-20)25(32)26(33)30(23)27-29-19-9-8-17(28)14-21(19)36-27/h3-9,11,13-15,23,32H,10,12H2,1-2H3. The first kappa shape index (κ1) is 23.7. The zero-order valence-corrected chi connectivity index (χ0v) is 20.4. The summed E-state index contributed by atoms with van der Waals surface area (Å²) in [6, 6.07) is 13.2. The van der Waals surface area contributed by atoms with E-state index < -0.39 is 29.3 Å². The third-order valence-corrected chi connectivity index (χ3v) is 6.90. The molecule has 36 heavy (non-hydrogen) atoms. The molecule has 0 fully saturated rings. The van der Waals surface area contributed by atoms with Gasteiger partial charge in [0.15, 0.2) is 16.7 Å². The first-order valence-electron chi connectivity index (χ1n) is 11.5. The van der Waals surface area contributed by atoms with Crippen LogP contribution < -0.4 is 9.64 Å². The molecule has 2 aromatic heterocycles. The number of nitrogens with zero attached hydrogens (tertiary/aromatic N) is 2. The van der Waals surface area contributed by atoms with Crippen molar-refractivity contribution in [2.45, 2.75) is 26.3 Å². The normalized spacial score (nSPS) is 15.9. The minimum Gasteiger partial charge on any atom is -0.503 e. The molecule has 1 aliphatic rings. The molecular formula is C27H23FN2O5S. The topological polar surface area (TPSA) is 92.9 Å². The molecule has 184 valence electrons. The van der Waals surface area contributed by atoms with Gasteiger partial charge in [-0.1, -0.05) is 37.3 Å². The highest BCUT2D eigenvalue weighted by Crippen LogP contribution is 2.44. The summed E-state index contributed by atoms with van der Waals surface area (Å²) in [6.07, 6.45) is 2.21. The fourth-order valence-corrected chi connectivity index (χ4v) is 5.08. The summed E-state index contributed by atoms with van der Waals surface area (Å²) in [5.41, 5.74) is 0.925. The van der Waals surface area contributed by atoms with E-state index in [9.17, 15) is 19.1 Å². The lowest BCUT2D eigenvalue weighted by Crippen LogP contribution is -2.31. The Morgan fingerprint density at radius 2 is 2.06 bits per heavy atom. The SMILES string of the molecule is CC(C)CCOc1cccc(C2C(C(=O)c3ccco3)=C(O)C(=O)N2c2nc3ccc(F)cc3s2)c1. The number of furan rings is 1. The zero-order chi connectivity index (χ0) is 25.4. The Kier molecular flexibility index (Phi) is 6.32. The van der Waals surface area contributed by atoms with Gasteiger partial charge in [0, 0.05) is 0 Å². The van der Waals surface area contributed by atoms with Gasteiger partial charge < -0.3 is 14.3 Å². The minimum absolute atomic E-state index is 0.00749. The van der Waals surface area contributed by atoms with Crippen molar-refractivity contribution in [1.82, 2.24) is 4.98 Å². The lowest BCUT2D eigenvalue weighted by Gasteiger charge is -2.24. The summed E-state index contributed by atoms with van der Waals surface area (Å²) in [5, 5.41) is 11.1. The molecule has 1 unspecified atom stereocenters. The minimum atomic E-state index is -0.992. The maximum atomic E-state index is 13.8. The van der Waals surface area contributed by atoms with Gasteiger partial charge in [-0.25, -0.2) is 9.37 Å². The molecule has 0 saturated heterocycles. The molecule has 7 nitrogen and oxygen atoms in total. The van der Waals surface area contributed by atoms with Crippen molar-refractivity contribution < 1.29 is 28.2 Å². The number of ether oxygens (including phenoxy) is 1. The number of benzene rings is 2. The smallest absolute Gasteiger partial charge is 0.296 e. The van der Waals surface area contributed by atoms with Crippen LogP contribution in [0.2, 0.25) is 0 Å². The number of carbonyl (C=O) groups excluding carboxylic acids is 2. The second-order valence-electron chi connectivity index (χ2n) is 8.86. The quantitative estimate of drug-likeness (QED) is 0.285. The molecule has 0 bridgehead atoms. The highest BCUT2D eigenvalue weighted by molar-refractivity contribution is 7.22. The maximum absolute atomic E-state index is 13.8. The van der Waals surface area contributed by atoms with Gasteiger partial charge in [-0.3, -0.25) is 14.5 Å². The van der Waals surface area contributed by atoms with Gasteiger partial charge in [-0.15, -0.1) is 0 Å². The number of rotatable bonds is 8. The van der Waals surface area contributed by atoms with E-state index in [0.29, 0.717) is 34.1 Å². The van der Waals surface area contributed by atoms with E-state index in [0.717, 1.165) is 17.8 Å². The van der Waals surface area contributed by atoms with Crippen molar-refractivity contribution >= 4 is 38.4 Å². The molecular weight excluding hydrogens is 483 g/mol. The van der Waals surface area contributed by atoms with Crippen LogP contribution in [-0.4, -0.2) is 28.4 Å². The van der Waals surface area contributed by atoms with Crippen LogP contribution in [0.4, 0.5) is 9.52 Å². The Morgan fingerprint density at radius 3 is 2.81 bits per heavy atom. The van der Waals surface area contributed by atoms with Gasteiger partial charge in [0.05, 0.1) is 34.7 Å². The number of Topliss-reactive ketones (excluding diaryl/α,β-unsaturated/α-hetero) is 1. The molecule has 0 radical (unpaired) electrons. The van der Waals surface area contributed by atoms with Gasteiger partial charge in [-0.05, 0) is 60.4 Å². The molecule has 3 heterocycles. The first-order chi connectivity index (χ1) is 17.3. The fraction of sp³-hybridized carbons (Fsp3) is 0.222. The largest absolute Gasteiger partial charge is 0.503 e. The molecule has 0 spiro atoms. The zero-order valence-electron chi connectivity index (χ0n) is 19.6. The van der Waals surface area contributed by atoms with Gasteiger partial charge in [0.1, 0.15) is 11.6 Å². The molecule has 0 aliphatic carbocycles. The van der Waals surface area contributed by atoms with Gasteiger partial charge >= 0.3 is 0 Å². The first-order valence-corrected chi connectivity index (χ1v) is 12.3. The van der Waals surface area contributed by atoms with Gasteiger partial charge in [0.25, 0.3) is 5.91 Å². The van der Waals surface area contributed by atoms with Crippen molar-refractivity contribution in [1.29, 1.82) is 0 Å². The average molecular weight is 507 g/mol. The molecule has 1 N–H and O–H groups in total. The van der Waals surface area contributed by atoms with Crippen molar-refractivity contribution in [2.75, 3.05) is 11.5 Å². The van der Waals surface area contributed by atoms with Crippen LogP contribution in [0.25, 0.3) is 10.2 Å². The molecule has 5 rings (SSSR count). The van der Waals surface area contributed by atoms with Crippen LogP contribution in [0.1, 0.15) is 42.4 Å². The molecule has 1 amide bonds. The van der Waals surface area contributed by atoms with E-state index in [1.807, 2.05) is 0 Å². The molecule has 9 heteroatoms. The van der Waals surface area contributed by atoms with E-state index in [1.165, 1.54) is 35.4 Å². The van der Waals surface area contributed by atoms with Crippen LogP contribution in [0.3, 0.4) is 0 Å². The Bertz CT molecular complexity index is 1470. The predicted molar refractivity (Wildman–Crippen MR) is 134 cm³/mol. The van der Waals surface area contributed by atoms with E-state index in [-0.39, 0.29) is 16.5 Å². The summed E-state index contributed by atoms with van der Waals surface area (Å²) < 4.78 is 25.5. The lowest BCUT2D eigenvalue weighted by atomic mass is 9.95. The van der Waals surface area contributed by atoms with Gasteiger partial charge in [-0.2, -0.15) is 0 Å². The third-order valence-electron chi connectivity index (χ3n) is 5.88. The average Bonchev–Trinajstić information content (AvgIpc) is 3.57. The number of aliphatic hydroxyl groups excluding tert-OH is 1. The number of ketones is 1. The molecule has 1 aliphatic heterocycles. The number of aromatic nitrogens is 1. The fourth-order valence-electron chi connectivity index (χ4n) is 4.07. The number of fused-ring (bicyclic) bond motifs is 1. The second-order valence-corrected chi connectivity index (χ2v) is 9.87. The molecule has 0 saturated carbocycles. The van der Waals surface area contributed by atoms with E-state index >= 15 is 0 Å². The second kappa shape index (κ2) is 9.58. The van der Waals surface area contributed by atoms with Crippen molar-refractivity contribution in [3.63, 3.8) is 0 Å². The van der Waals surface area contributed by atoms with Crippen LogP contribution in [0, 0.1) is 11.7 Å². The van der Waals surface area contributed by atoms with E-state index in [1.54, 1.807) is 30.3 Å². The van der Waals surface area contributed by atoms with Crippen LogP contribution >= 0.6 is 11.3 Å². The number of carbonyl (C=O) groups is 2. The summed E-state index contributed by atoms with van der Waals surface area (Å²) in [5.74, 6) is -1.47. The van der Waals surface area contributed by atoms with Gasteiger partial charge in [0.2, 0.25) is 5.78 Å².